The SMILES string of the molecule is CNCc1ccc(N(C)C2CCCC2)cc1C. The lowest BCUT2D eigenvalue weighted by atomic mass is 10.1. The maximum Gasteiger partial charge on any atom is 0.0368 e. The third kappa shape index (κ3) is 2.81. The average molecular weight is 232 g/mol. The molecular formula is C15H24N2. The molecule has 2 rings (SSSR count). The quantitative estimate of drug-likeness (QED) is 0.858. The first-order valence-corrected chi connectivity index (χ1v) is 6.69. The summed E-state index contributed by atoms with van der Waals surface area (Å²) in [5, 5.41) is 3.22. The number of anilines is 1. The zero-order valence-corrected chi connectivity index (χ0v) is 11.3. The van der Waals surface area contributed by atoms with Crippen molar-refractivity contribution < 1.29 is 0 Å². The molecule has 1 aromatic carbocycles. The fourth-order valence-corrected chi connectivity index (χ4v) is 2.79. The lowest BCUT2D eigenvalue weighted by Gasteiger charge is -2.27. The molecule has 0 aliphatic heterocycles. The van der Waals surface area contributed by atoms with Gasteiger partial charge in [-0.1, -0.05) is 18.9 Å². The van der Waals surface area contributed by atoms with Gasteiger partial charge in [-0.15, -0.1) is 0 Å². The summed E-state index contributed by atoms with van der Waals surface area (Å²) in [7, 11) is 4.24. The van der Waals surface area contributed by atoms with Crippen molar-refractivity contribution in [1.82, 2.24) is 5.32 Å². The van der Waals surface area contributed by atoms with Crippen LogP contribution in [0.4, 0.5) is 5.69 Å². The number of nitrogens with zero attached hydrogens (tertiary/aromatic N) is 1. The molecule has 2 heteroatoms. The van der Waals surface area contributed by atoms with Gasteiger partial charge in [0, 0.05) is 25.3 Å². The molecule has 17 heavy (non-hydrogen) atoms. The highest BCUT2D eigenvalue weighted by Crippen LogP contribution is 2.28. The minimum Gasteiger partial charge on any atom is -0.372 e. The molecule has 0 heterocycles. The Morgan fingerprint density at radius 1 is 1.29 bits per heavy atom. The van der Waals surface area contributed by atoms with E-state index in [0.717, 1.165) is 12.6 Å². The standard InChI is InChI=1S/C15H24N2/c1-12-10-15(9-8-13(12)11-16-2)17(3)14-6-4-5-7-14/h8-10,14,16H,4-7,11H2,1-3H3. The minimum atomic E-state index is 0.754. The summed E-state index contributed by atoms with van der Waals surface area (Å²) in [5.74, 6) is 0. The monoisotopic (exact) mass is 232 g/mol. The van der Waals surface area contributed by atoms with Crippen LogP contribution in [0.1, 0.15) is 36.8 Å². The van der Waals surface area contributed by atoms with E-state index in [9.17, 15) is 0 Å². The van der Waals surface area contributed by atoms with Gasteiger partial charge in [0.1, 0.15) is 0 Å². The molecule has 1 aromatic rings. The molecule has 0 atom stereocenters. The zero-order valence-electron chi connectivity index (χ0n) is 11.3. The summed E-state index contributed by atoms with van der Waals surface area (Å²) in [6.07, 6.45) is 5.50. The third-order valence-corrected chi connectivity index (χ3v) is 3.97. The van der Waals surface area contributed by atoms with Gasteiger partial charge in [0.15, 0.2) is 0 Å². The Bertz CT molecular complexity index is 367. The van der Waals surface area contributed by atoms with E-state index in [1.165, 1.54) is 42.5 Å². The molecule has 2 nitrogen and oxygen atoms in total. The van der Waals surface area contributed by atoms with Gasteiger partial charge in [-0.3, -0.25) is 0 Å². The molecule has 0 spiro atoms. The summed E-state index contributed by atoms with van der Waals surface area (Å²) < 4.78 is 0. The van der Waals surface area contributed by atoms with E-state index in [1.807, 2.05) is 7.05 Å². The van der Waals surface area contributed by atoms with Gasteiger partial charge < -0.3 is 10.2 Å². The lowest BCUT2D eigenvalue weighted by Crippen LogP contribution is -2.28. The summed E-state index contributed by atoms with van der Waals surface area (Å²) in [6, 6.07) is 7.60. The van der Waals surface area contributed by atoms with Crippen LogP contribution in [0.15, 0.2) is 18.2 Å². The van der Waals surface area contributed by atoms with Crippen molar-refractivity contribution in [2.45, 2.75) is 45.2 Å². The predicted molar refractivity (Wildman–Crippen MR) is 74.6 cm³/mol. The van der Waals surface area contributed by atoms with E-state index in [1.54, 1.807) is 0 Å². The highest BCUT2D eigenvalue weighted by Gasteiger charge is 2.19. The molecule has 1 fully saturated rings. The summed E-state index contributed by atoms with van der Waals surface area (Å²) in [4.78, 5) is 2.46. The van der Waals surface area contributed by atoms with E-state index in [0.29, 0.717) is 0 Å². The van der Waals surface area contributed by atoms with Crippen molar-refractivity contribution in [2.24, 2.45) is 0 Å². The molecular weight excluding hydrogens is 208 g/mol. The smallest absolute Gasteiger partial charge is 0.0368 e. The van der Waals surface area contributed by atoms with E-state index < -0.39 is 0 Å². The Morgan fingerprint density at radius 3 is 2.59 bits per heavy atom. The lowest BCUT2D eigenvalue weighted by molar-refractivity contribution is 0.653. The molecule has 0 saturated heterocycles. The Kier molecular flexibility index (Phi) is 4.06. The predicted octanol–water partition coefficient (Wildman–Crippen LogP) is 3.09. The number of benzene rings is 1. The van der Waals surface area contributed by atoms with Crippen LogP contribution in [0.2, 0.25) is 0 Å². The van der Waals surface area contributed by atoms with Crippen molar-refractivity contribution in [3.05, 3.63) is 29.3 Å². The molecule has 0 aromatic heterocycles. The van der Waals surface area contributed by atoms with E-state index >= 15 is 0 Å². The maximum absolute atomic E-state index is 3.22. The van der Waals surface area contributed by atoms with Crippen LogP contribution in [-0.4, -0.2) is 20.1 Å². The first-order valence-electron chi connectivity index (χ1n) is 6.69. The molecule has 0 amide bonds. The van der Waals surface area contributed by atoms with Crippen LogP contribution in [0, 0.1) is 6.92 Å². The summed E-state index contributed by atoms with van der Waals surface area (Å²) in [6.45, 7) is 3.16. The molecule has 1 aliphatic rings. The van der Waals surface area contributed by atoms with Crippen LogP contribution in [0.3, 0.4) is 0 Å². The molecule has 94 valence electrons. The second-order valence-electron chi connectivity index (χ2n) is 5.19. The highest BCUT2D eigenvalue weighted by molar-refractivity contribution is 5.51. The van der Waals surface area contributed by atoms with Gasteiger partial charge in [0.25, 0.3) is 0 Å². The van der Waals surface area contributed by atoms with Gasteiger partial charge >= 0.3 is 0 Å². The van der Waals surface area contributed by atoms with Crippen LogP contribution in [0.25, 0.3) is 0 Å². The molecule has 1 aliphatic carbocycles. The molecule has 1 saturated carbocycles. The average Bonchev–Trinajstić information content (AvgIpc) is 2.84. The second-order valence-corrected chi connectivity index (χ2v) is 5.19. The van der Waals surface area contributed by atoms with Crippen molar-refractivity contribution >= 4 is 5.69 Å². The Labute approximate surface area is 105 Å². The molecule has 1 N–H and O–H groups in total. The van der Waals surface area contributed by atoms with Gasteiger partial charge in [0.2, 0.25) is 0 Å². The minimum absolute atomic E-state index is 0.754. The van der Waals surface area contributed by atoms with Crippen molar-refractivity contribution in [3.8, 4) is 0 Å². The maximum atomic E-state index is 3.22. The number of aryl methyl sites for hydroxylation is 1. The number of hydrogen-bond donors (Lipinski definition) is 1. The van der Waals surface area contributed by atoms with Crippen LogP contribution >= 0.6 is 0 Å². The van der Waals surface area contributed by atoms with Crippen molar-refractivity contribution in [1.29, 1.82) is 0 Å². The van der Waals surface area contributed by atoms with Gasteiger partial charge in [-0.05, 0) is 50.1 Å². The normalized spacial score (nSPS) is 16.4. The first-order chi connectivity index (χ1) is 8.22. The van der Waals surface area contributed by atoms with Gasteiger partial charge in [-0.25, -0.2) is 0 Å². The number of hydrogen-bond acceptors (Lipinski definition) is 2. The van der Waals surface area contributed by atoms with Crippen LogP contribution < -0.4 is 10.2 Å². The topological polar surface area (TPSA) is 15.3 Å². The summed E-state index contributed by atoms with van der Waals surface area (Å²) >= 11 is 0. The largest absolute Gasteiger partial charge is 0.372 e. The van der Waals surface area contributed by atoms with Crippen molar-refractivity contribution in [3.63, 3.8) is 0 Å². The van der Waals surface area contributed by atoms with E-state index in [-0.39, 0.29) is 0 Å². The Balaban J connectivity index is 2.12. The first kappa shape index (κ1) is 12.4. The molecule has 0 unspecified atom stereocenters. The second kappa shape index (κ2) is 5.54. The van der Waals surface area contributed by atoms with E-state index in [2.05, 4.69) is 42.4 Å². The highest BCUT2D eigenvalue weighted by atomic mass is 15.1. The number of nitrogens with one attached hydrogen (secondary N) is 1. The van der Waals surface area contributed by atoms with Gasteiger partial charge in [-0.2, -0.15) is 0 Å². The fourth-order valence-electron chi connectivity index (χ4n) is 2.79. The van der Waals surface area contributed by atoms with Crippen LogP contribution in [-0.2, 0) is 6.54 Å². The fraction of sp³-hybridized carbons (Fsp3) is 0.600. The number of rotatable bonds is 4. The Hall–Kier alpha value is -1.02. The van der Waals surface area contributed by atoms with Crippen molar-refractivity contribution in [2.75, 3.05) is 19.0 Å². The molecule has 0 bridgehead atoms. The summed E-state index contributed by atoms with van der Waals surface area (Å²) in [5.41, 5.74) is 4.16. The molecule has 0 radical (unpaired) electrons. The van der Waals surface area contributed by atoms with Gasteiger partial charge in [0.05, 0.1) is 0 Å². The van der Waals surface area contributed by atoms with E-state index in [4.69, 9.17) is 0 Å². The van der Waals surface area contributed by atoms with Crippen LogP contribution in [0.5, 0.6) is 0 Å². The zero-order chi connectivity index (χ0) is 12.3. The Morgan fingerprint density at radius 2 is 2.00 bits per heavy atom. The third-order valence-electron chi connectivity index (χ3n) is 3.97.